The van der Waals surface area contributed by atoms with Crippen LogP contribution < -0.4 is 0 Å². The Morgan fingerprint density at radius 2 is 1.89 bits per heavy atom. The first kappa shape index (κ1) is 14.0. The Kier molecular flexibility index (Phi) is 4.65. The van der Waals surface area contributed by atoms with Gasteiger partial charge in [0, 0.05) is 13.5 Å². The van der Waals surface area contributed by atoms with E-state index in [1.807, 2.05) is 6.92 Å². The molecule has 1 rings (SSSR count). The lowest BCUT2D eigenvalue weighted by Gasteiger charge is -2.18. The van der Waals surface area contributed by atoms with Gasteiger partial charge in [-0.25, -0.2) is 0 Å². The van der Waals surface area contributed by atoms with E-state index in [1.54, 1.807) is 0 Å². The number of hydrogen-bond donors (Lipinski definition) is 1. The predicted octanol–water partition coefficient (Wildman–Crippen LogP) is 1.42. The Morgan fingerprint density at radius 3 is 2.33 bits per heavy atom. The summed E-state index contributed by atoms with van der Waals surface area (Å²) in [6.07, 6.45) is 0.638. The highest BCUT2D eigenvalue weighted by molar-refractivity contribution is 5.96. The summed E-state index contributed by atoms with van der Waals surface area (Å²) in [5.41, 5.74) is 0. The van der Waals surface area contributed by atoms with Crippen molar-refractivity contribution in [3.8, 4) is 0 Å². The number of carboxylic acids is 1. The third kappa shape index (κ3) is 3.44. The van der Waals surface area contributed by atoms with Crippen molar-refractivity contribution in [2.24, 2.45) is 0 Å². The van der Waals surface area contributed by atoms with E-state index in [4.69, 9.17) is 9.52 Å². The number of furan rings is 1. The molecule has 0 aliphatic heterocycles. The molecule has 1 N–H and O–H groups in total. The highest BCUT2D eigenvalue weighted by Gasteiger charge is 2.21. The topological polar surface area (TPSA) is 87.8 Å². The number of carbonyl (C=O) groups is 3. The lowest BCUT2D eigenvalue weighted by atomic mass is 10.3. The molecule has 0 bridgehead atoms. The molecule has 1 amide bonds. The summed E-state index contributed by atoms with van der Waals surface area (Å²) < 4.78 is 5.08. The molecule has 98 valence electrons. The first-order chi connectivity index (χ1) is 8.45. The standard InChI is InChI=1S/C12H15NO5/c1-3-6-13(7-11(15)16)12(17)10-5-4-9(18-10)8(2)14/h4-5H,3,6-7H2,1-2H3,(H,15,16). The normalized spacial score (nSPS) is 10.1. The number of amides is 1. The number of ketones is 1. The van der Waals surface area contributed by atoms with Crippen molar-refractivity contribution in [3.05, 3.63) is 23.7 Å². The van der Waals surface area contributed by atoms with Crippen LogP contribution in [0.3, 0.4) is 0 Å². The molecule has 1 aromatic heterocycles. The number of hydrogen-bond acceptors (Lipinski definition) is 4. The van der Waals surface area contributed by atoms with E-state index >= 15 is 0 Å². The van der Waals surface area contributed by atoms with E-state index in [-0.39, 0.29) is 23.8 Å². The molecular formula is C12H15NO5. The summed E-state index contributed by atoms with van der Waals surface area (Å²) in [7, 11) is 0. The molecule has 1 heterocycles. The fourth-order valence-electron chi connectivity index (χ4n) is 1.48. The Balaban J connectivity index is 2.87. The lowest BCUT2D eigenvalue weighted by Crippen LogP contribution is -2.36. The number of nitrogens with zero attached hydrogens (tertiary/aromatic N) is 1. The Morgan fingerprint density at radius 1 is 1.28 bits per heavy atom. The highest BCUT2D eigenvalue weighted by atomic mass is 16.4. The summed E-state index contributed by atoms with van der Waals surface area (Å²) in [5, 5.41) is 8.72. The SMILES string of the molecule is CCCN(CC(=O)O)C(=O)c1ccc(C(C)=O)o1. The maximum Gasteiger partial charge on any atom is 0.323 e. The van der Waals surface area contributed by atoms with Crippen molar-refractivity contribution in [3.63, 3.8) is 0 Å². The van der Waals surface area contributed by atoms with Gasteiger partial charge in [0.15, 0.2) is 17.3 Å². The zero-order chi connectivity index (χ0) is 13.7. The van der Waals surface area contributed by atoms with Crippen LogP contribution in [0.2, 0.25) is 0 Å². The van der Waals surface area contributed by atoms with Gasteiger partial charge in [0.2, 0.25) is 0 Å². The quantitative estimate of drug-likeness (QED) is 0.774. The van der Waals surface area contributed by atoms with Crippen LogP contribution >= 0.6 is 0 Å². The zero-order valence-corrected chi connectivity index (χ0v) is 10.3. The zero-order valence-electron chi connectivity index (χ0n) is 10.3. The number of carbonyl (C=O) groups excluding carboxylic acids is 2. The molecule has 6 nitrogen and oxygen atoms in total. The van der Waals surface area contributed by atoms with E-state index in [9.17, 15) is 14.4 Å². The van der Waals surface area contributed by atoms with Crippen molar-refractivity contribution in [1.82, 2.24) is 4.90 Å². The van der Waals surface area contributed by atoms with Crippen LogP contribution in [0.25, 0.3) is 0 Å². The molecule has 0 aliphatic carbocycles. The van der Waals surface area contributed by atoms with E-state index in [0.717, 1.165) is 0 Å². The summed E-state index contributed by atoms with van der Waals surface area (Å²) in [6.45, 7) is 3.10. The van der Waals surface area contributed by atoms with Crippen LogP contribution in [0, 0.1) is 0 Å². The average molecular weight is 253 g/mol. The number of carboxylic acid groups (broad SMARTS) is 1. The fourth-order valence-corrected chi connectivity index (χ4v) is 1.48. The second kappa shape index (κ2) is 6.00. The molecule has 18 heavy (non-hydrogen) atoms. The van der Waals surface area contributed by atoms with Crippen LogP contribution in [0.1, 0.15) is 41.4 Å². The van der Waals surface area contributed by atoms with Gasteiger partial charge in [0.05, 0.1) is 0 Å². The van der Waals surface area contributed by atoms with Crippen LogP contribution in [-0.4, -0.2) is 40.8 Å². The minimum Gasteiger partial charge on any atom is -0.480 e. The van der Waals surface area contributed by atoms with Crippen LogP contribution in [0.4, 0.5) is 0 Å². The van der Waals surface area contributed by atoms with Gasteiger partial charge < -0.3 is 14.4 Å². The van der Waals surface area contributed by atoms with Gasteiger partial charge in [0.1, 0.15) is 6.54 Å². The molecule has 0 radical (unpaired) electrons. The minimum atomic E-state index is -1.09. The van der Waals surface area contributed by atoms with Gasteiger partial charge in [-0.1, -0.05) is 6.92 Å². The van der Waals surface area contributed by atoms with Gasteiger partial charge in [0.25, 0.3) is 5.91 Å². The van der Waals surface area contributed by atoms with E-state index < -0.39 is 11.9 Å². The van der Waals surface area contributed by atoms with E-state index in [0.29, 0.717) is 13.0 Å². The van der Waals surface area contributed by atoms with E-state index in [1.165, 1.54) is 24.0 Å². The van der Waals surface area contributed by atoms with Gasteiger partial charge >= 0.3 is 5.97 Å². The number of rotatable bonds is 6. The maximum atomic E-state index is 12.0. The van der Waals surface area contributed by atoms with Crippen molar-refractivity contribution in [1.29, 1.82) is 0 Å². The first-order valence-electron chi connectivity index (χ1n) is 5.57. The molecular weight excluding hydrogens is 238 g/mol. The second-order valence-corrected chi connectivity index (χ2v) is 3.84. The summed E-state index contributed by atoms with van der Waals surface area (Å²) >= 11 is 0. The minimum absolute atomic E-state index is 0.0186. The second-order valence-electron chi connectivity index (χ2n) is 3.84. The predicted molar refractivity (Wildman–Crippen MR) is 62.5 cm³/mol. The number of aliphatic carboxylic acids is 1. The Labute approximate surface area is 104 Å². The summed E-state index contributed by atoms with van der Waals surface area (Å²) in [5.74, 6) is -1.82. The van der Waals surface area contributed by atoms with Crippen molar-refractivity contribution in [2.45, 2.75) is 20.3 Å². The Bertz CT molecular complexity index is 463. The third-order valence-electron chi connectivity index (χ3n) is 2.27. The smallest absolute Gasteiger partial charge is 0.323 e. The molecule has 0 aliphatic rings. The van der Waals surface area contributed by atoms with Crippen molar-refractivity contribution < 1.29 is 23.9 Å². The van der Waals surface area contributed by atoms with Gasteiger partial charge in [-0.15, -0.1) is 0 Å². The molecule has 0 aromatic carbocycles. The third-order valence-corrected chi connectivity index (χ3v) is 2.27. The Hall–Kier alpha value is -2.11. The number of Topliss-reactive ketones (excluding diaryl/α,β-unsaturated/α-hetero) is 1. The molecule has 1 aromatic rings. The maximum absolute atomic E-state index is 12.0. The van der Waals surface area contributed by atoms with Gasteiger partial charge in [-0.05, 0) is 18.6 Å². The molecule has 0 spiro atoms. The molecule has 0 saturated heterocycles. The highest BCUT2D eigenvalue weighted by Crippen LogP contribution is 2.11. The summed E-state index contributed by atoms with van der Waals surface area (Å²) in [4.78, 5) is 34.8. The fraction of sp³-hybridized carbons (Fsp3) is 0.417. The molecule has 0 fully saturated rings. The summed E-state index contributed by atoms with van der Waals surface area (Å²) in [6, 6.07) is 2.78. The molecule has 0 unspecified atom stereocenters. The van der Waals surface area contributed by atoms with Gasteiger partial charge in [-0.3, -0.25) is 14.4 Å². The van der Waals surface area contributed by atoms with Gasteiger partial charge in [-0.2, -0.15) is 0 Å². The monoisotopic (exact) mass is 253 g/mol. The lowest BCUT2D eigenvalue weighted by molar-refractivity contribution is -0.137. The van der Waals surface area contributed by atoms with Crippen molar-refractivity contribution >= 4 is 17.7 Å². The van der Waals surface area contributed by atoms with Crippen molar-refractivity contribution in [2.75, 3.05) is 13.1 Å². The van der Waals surface area contributed by atoms with E-state index in [2.05, 4.69) is 0 Å². The van der Waals surface area contributed by atoms with Crippen LogP contribution in [0.5, 0.6) is 0 Å². The molecule has 0 saturated carbocycles. The van der Waals surface area contributed by atoms with Crippen LogP contribution in [0.15, 0.2) is 16.5 Å². The molecule has 6 heteroatoms. The van der Waals surface area contributed by atoms with Crippen LogP contribution in [-0.2, 0) is 4.79 Å². The largest absolute Gasteiger partial charge is 0.480 e. The average Bonchev–Trinajstić information content (AvgIpc) is 2.76. The first-order valence-corrected chi connectivity index (χ1v) is 5.57. The molecule has 0 atom stereocenters.